The van der Waals surface area contributed by atoms with Crippen LogP contribution in [0.3, 0.4) is 0 Å². The minimum absolute atomic E-state index is 0.0972. The summed E-state index contributed by atoms with van der Waals surface area (Å²) in [6.07, 6.45) is 1.45. The van der Waals surface area contributed by atoms with Crippen molar-refractivity contribution < 1.29 is 14.3 Å². The van der Waals surface area contributed by atoms with Crippen molar-refractivity contribution in [3.63, 3.8) is 0 Å². The molecule has 0 bridgehead atoms. The fraction of sp³-hybridized carbons (Fsp3) is 0.467. The van der Waals surface area contributed by atoms with Gasteiger partial charge in [0.15, 0.2) is 6.61 Å². The molecule has 1 aromatic rings. The zero-order valence-corrected chi connectivity index (χ0v) is 12.8. The highest BCUT2D eigenvalue weighted by atomic mass is 16.5. The summed E-state index contributed by atoms with van der Waals surface area (Å²) in [6, 6.07) is 6.52. The van der Waals surface area contributed by atoms with E-state index >= 15 is 0 Å². The molecular formula is C15H19N3O4. The van der Waals surface area contributed by atoms with Gasteiger partial charge < -0.3 is 14.6 Å². The maximum absolute atomic E-state index is 11.7. The maximum atomic E-state index is 11.7. The predicted octanol–water partition coefficient (Wildman–Crippen LogP) is 0.446. The van der Waals surface area contributed by atoms with E-state index in [0.29, 0.717) is 0 Å². The molecular weight excluding hydrogens is 286 g/mol. The van der Waals surface area contributed by atoms with Crippen LogP contribution in [-0.4, -0.2) is 28.6 Å². The van der Waals surface area contributed by atoms with Crippen LogP contribution < -0.4 is 10.9 Å². The fourth-order valence-electron chi connectivity index (χ4n) is 1.55. The van der Waals surface area contributed by atoms with Crippen molar-refractivity contribution in [1.29, 1.82) is 5.26 Å². The Labute approximate surface area is 128 Å². The van der Waals surface area contributed by atoms with Crippen molar-refractivity contribution in [2.45, 2.75) is 32.9 Å². The predicted molar refractivity (Wildman–Crippen MR) is 78.7 cm³/mol. The number of nitrogens with one attached hydrogen (secondary N) is 1. The number of nitriles is 1. The standard InChI is InChI=1S/C15H19N3O4/c1-11(2)15(3,10-16)17-12(19)9-22-14(21)8-18-7-5-4-6-13(18)20/h4-7,11H,8-9H2,1-3H3,(H,17,19)/t15-/m1/s1. The number of hydrogen-bond donors (Lipinski definition) is 1. The van der Waals surface area contributed by atoms with Crippen molar-refractivity contribution in [2.24, 2.45) is 5.92 Å². The Morgan fingerprint density at radius 2 is 2.14 bits per heavy atom. The largest absolute Gasteiger partial charge is 0.454 e. The number of carbonyl (C=O) groups excluding carboxylic acids is 2. The topological polar surface area (TPSA) is 101 Å². The molecule has 1 atom stereocenters. The van der Waals surface area contributed by atoms with Gasteiger partial charge in [-0.25, -0.2) is 0 Å². The average Bonchev–Trinajstić information content (AvgIpc) is 2.47. The highest BCUT2D eigenvalue weighted by molar-refractivity contribution is 5.81. The van der Waals surface area contributed by atoms with Gasteiger partial charge in [0.05, 0.1) is 6.07 Å². The Morgan fingerprint density at radius 3 is 2.68 bits per heavy atom. The number of ether oxygens (including phenoxy) is 1. The maximum Gasteiger partial charge on any atom is 0.326 e. The fourth-order valence-corrected chi connectivity index (χ4v) is 1.55. The lowest BCUT2D eigenvalue weighted by atomic mass is 9.90. The first kappa shape index (κ1) is 17.4. The molecule has 0 unspecified atom stereocenters. The normalized spacial score (nSPS) is 13.0. The molecule has 7 heteroatoms. The molecule has 1 heterocycles. The van der Waals surface area contributed by atoms with Crippen molar-refractivity contribution >= 4 is 11.9 Å². The summed E-state index contributed by atoms with van der Waals surface area (Å²) >= 11 is 0. The summed E-state index contributed by atoms with van der Waals surface area (Å²) in [5.74, 6) is -1.36. The van der Waals surface area contributed by atoms with Crippen LogP contribution >= 0.6 is 0 Å². The Hall–Kier alpha value is -2.62. The lowest BCUT2D eigenvalue weighted by molar-refractivity contribution is -0.149. The summed E-state index contributed by atoms with van der Waals surface area (Å²) in [5.41, 5.74) is -1.36. The third-order valence-electron chi connectivity index (χ3n) is 3.35. The minimum Gasteiger partial charge on any atom is -0.454 e. The van der Waals surface area contributed by atoms with Crippen LogP contribution in [0.15, 0.2) is 29.2 Å². The number of esters is 1. The van der Waals surface area contributed by atoms with E-state index in [9.17, 15) is 14.4 Å². The number of hydrogen-bond acceptors (Lipinski definition) is 5. The van der Waals surface area contributed by atoms with E-state index < -0.39 is 24.0 Å². The monoisotopic (exact) mass is 305 g/mol. The molecule has 0 aromatic carbocycles. The third-order valence-corrected chi connectivity index (χ3v) is 3.35. The van der Waals surface area contributed by atoms with Gasteiger partial charge in [-0.1, -0.05) is 19.9 Å². The number of pyridine rings is 1. The van der Waals surface area contributed by atoms with Crippen LogP contribution in [0.25, 0.3) is 0 Å². The SMILES string of the molecule is CC(C)[C@@](C)(C#N)NC(=O)COC(=O)Cn1ccccc1=O. The van der Waals surface area contributed by atoms with Gasteiger partial charge in [0.1, 0.15) is 12.1 Å². The summed E-state index contributed by atoms with van der Waals surface area (Å²) in [4.78, 5) is 34.8. The van der Waals surface area contributed by atoms with Gasteiger partial charge in [0.25, 0.3) is 11.5 Å². The third kappa shape index (κ3) is 4.74. The highest BCUT2D eigenvalue weighted by Crippen LogP contribution is 2.14. The van der Waals surface area contributed by atoms with Crippen molar-refractivity contribution in [3.8, 4) is 6.07 Å². The number of nitrogens with zero attached hydrogens (tertiary/aromatic N) is 2. The second-order valence-corrected chi connectivity index (χ2v) is 5.34. The zero-order chi connectivity index (χ0) is 16.8. The van der Waals surface area contributed by atoms with Gasteiger partial charge in [0, 0.05) is 12.3 Å². The summed E-state index contributed by atoms with van der Waals surface area (Å²) < 4.78 is 5.99. The first-order chi connectivity index (χ1) is 10.3. The van der Waals surface area contributed by atoms with Crippen LogP contribution in [0.2, 0.25) is 0 Å². The van der Waals surface area contributed by atoms with Crippen molar-refractivity contribution in [1.82, 2.24) is 9.88 Å². The second-order valence-electron chi connectivity index (χ2n) is 5.34. The Balaban J connectivity index is 2.51. The number of rotatable bonds is 6. The summed E-state index contributed by atoms with van der Waals surface area (Å²) in [5, 5.41) is 11.6. The van der Waals surface area contributed by atoms with Crippen LogP contribution in [-0.2, 0) is 20.9 Å². The van der Waals surface area contributed by atoms with E-state index in [1.807, 2.05) is 6.07 Å². The molecule has 0 aliphatic rings. The first-order valence-corrected chi connectivity index (χ1v) is 6.82. The van der Waals surface area contributed by atoms with Crippen LogP contribution in [0.4, 0.5) is 0 Å². The molecule has 1 rings (SSSR count). The van der Waals surface area contributed by atoms with Crippen molar-refractivity contribution in [2.75, 3.05) is 6.61 Å². The molecule has 1 N–H and O–H groups in total. The molecule has 118 valence electrons. The zero-order valence-electron chi connectivity index (χ0n) is 12.8. The molecule has 0 spiro atoms. The molecule has 1 amide bonds. The highest BCUT2D eigenvalue weighted by Gasteiger charge is 2.30. The second kappa shape index (κ2) is 7.41. The molecule has 7 nitrogen and oxygen atoms in total. The number of amides is 1. The molecule has 0 fully saturated rings. The molecule has 22 heavy (non-hydrogen) atoms. The average molecular weight is 305 g/mol. The quantitative estimate of drug-likeness (QED) is 0.769. The van der Waals surface area contributed by atoms with Gasteiger partial charge in [-0.2, -0.15) is 5.26 Å². The number of carbonyl (C=O) groups is 2. The van der Waals surface area contributed by atoms with Gasteiger partial charge in [-0.3, -0.25) is 14.4 Å². The van der Waals surface area contributed by atoms with Gasteiger partial charge >= 0.3 is 5.97 Å². The van der Waals surface area contributed by atoms with Crippen LogP contribution in [0, 0.1) is 17.2 Å². The lowest BCUT2D eigenvalue weighted by Crippen LogP contribution is -2.50. The van der Waals surface area contributed by atoms with E-state index in [-0.39, 0.29) is 18.0 Å². The van der Waals surface area contributed by atoms with E-state index in [1.165, 1.54) is 16.8 Å². The van der Waals surface area contributed by atoms with Crippen LogP contribution in [0.5, 0.6) is 0 Å². The first-order valence-electron chi connectivity index (χ1n) is 6.82. The lowest BCUT2D eigenvalue weighted by Gasteiger charge is -2.27. The van der Waals surface area contributed by atoms with E-state index in [2.05, 4.69) is 5.32 Å². The van der Waals surface area contributed by atoms with Gasteiger partial charge in [0.2, 0.25) is 0 Å². The molecule has 0 aliphatic carbocycles. The van der Waals surface area contributed by atoms with E-state index in [4.69, 9.17) is 10.00 Å². The van der Waals surface area contributed by atoms with E-state index in [0.717, 1.165) is 0 Å². The van der Waals surface area contributed by atoms with Crippen LogP contribution in [0.1, 0.15) is 20.8 Å². The summed E-state index contributed by atoms with van der Waals surface area (Å²) in [7, 11) is 0. The summed E-state index contributed by atoms with van der Waals surface area (Å²) in [6.45, 7) is 4.44. The molecule has 0 saturated carbocycles. The Bertz CT molecular complexity index is 645. The van der Waals surface area contributed by atoms with Gasteiger partial charge in [-0.15, -0.1) is 0 Å². The molecule has 0 saturated heterocycles. The molecule has 0 radical (unpaired) electrons. The Morgan fingerprint density at radius 1 is 1.45 bits per heavy atom. The van der Waals surface area contributed by atoms with E-state index in [1.54, 1.807) is 32.9 Å². The smallest absolute Gasteiger partial charge is 0.326 e. The molecule has 0 aliphatic heterocycles. The molecule has 1 aromatic heterocycles. The number of aromatic nitrogens is 1. The van der Waals surface area contributed by atoms with Crippen molar-refractivity contribution in [3.05, 3.63) is 34.7 Å². The Kier molecular flexibility index (Phi) is 5.87. The minimum atomic E-state index is -1.03. The van der Waals surface area contributed by atoms with Gasteiger partial charge in [-0.05, 0) is 18.9 Å².